The zero-order chi connectivity index (χ0) is 29.1. The van der Waals surface area contributed by atoms with E-state index in [0.29, 0.717) is 53.6 Å². The predicted octanol–water partition coefficient (Wildman–Crippen LogP) is 5.13. The highest BCUT2D eigenvalue weighted by Crippen LogP contribution is 2.28. The molecule has 214 valence electrons. The Bertz CT molecular complexity index is 1340. The number of alkyl halides is 3. The van der Waals surface area contributed by atoms with Gasteiger partial charge in [-0.1, -0.05) is 0 Å². The molecule has 40 heavy (non-hydrogen) atoms. The molecule has 0 bridgehead atoms. The van der Waals surface area contributed by atoms with Gasteiger partial charge in [0.25, 0.3) is 5.91 Å². The molecule has 4 heterocycles. The van der Waals surface area contributed by atoms with Crippen molar-refractivity contribution < 1.29 is 32.2 Å². The number of halogens is 3. The zero-order valence-electron chi connectivity index (χ0n) is 22.4. The van der Waals surface area contributed by atoms with Crippen LogP contribution in [0, 0.1) is 12.8 Å². The Morgan fingerprint density at radius 2 is 1.90 bits per heavy atom. The lowest BCUT2D eigenvalue weighted by molar-refractivity contribution is -0.141. The quantitative estimate of drug-likeness (QED) is 0.410. The molecule has 3 aromatic heterocycles. The Balaban J connectivity index is 1.30. The van der Waals surface area contributed by atoms with Gasteiger partial charge >= 0.3 is 12.3 Å². The molecule has 0 saturated carbocycles. The van der Waals surface area contributed by atoms with Crippen molar-refractivity contribution in [2.24, 2.45) is 5.92 Å². The predicted molar refractivity (Wildman–Crippen MR) is 140 cm³/mol. The van der Waals surface area contributed by atoms with Gasteiger partial charge in [0.2, 0.25) is 5.88 Å². The van der Waals surface area contributed by atoms with Gasteiger partial charge in [-0.2, -0.15) is 17.5 Å². The molecule has 10 nitrogen and oxygen atoms in total. The fourth-order valence-electron chi connectivity index (χ4n) is 3.98. The minimum atomic E-state index is -4.58. The number of anilines is 1. The van der Waals surface area contributed by atoms with Crippen molar-refractivity contribution in [1.82, 2.24) is 24.2 Å². The van der Waals surface area contributed by atoms with Crippen molar-refractivity contribution in [2.45, 2.75) is 52.3 Å². The van der Waals surface area contributed by atoms with Crippen molar-refractivity contribution in [3.05, 3.63) is 58.2 Å². The van der Waals surface area contributed by atoms with Crippen LogP contribution in [0.2, 0.25) is 0 Å². The van der Waals surface area contributed by atoms with Crippen LogP contribution in [0.3, 0.4) is 0 Å². The van der Waals surface area contributed by atoms with Crippen LogP contribution in [-0.4, -0.2) is 61.5 Å². The van der Waals surface area contributed by atoms with Gasteiger partial charge in [0.15, 0.2) is 5.69 Å². The molecule has 14 heteroatoms. The monoisotopic (exact) mass is 578 g/mol. The van der Waals surface area contributed by atoms with Gasteiger partial charge in [0.1, 0.15) is 5.60 Å². The smallest absolute Gasteiger partial charge is 0.434 e. The number of pyridine rings is 1. The molecule has 0 aliphatic carbocycles. The first kappa shape index (κ1) is 29.2. The third-order valence-electron chi connectivity index (χ3n) is 5.90. The lowest BCUT2D eigenvalue weighted by Crippen LogP contribution is -2.35. The van der Waals surface area contributed by atoms with Gasteiger partial charge in [-0.05, 0) is 51.7 Å². The topological polar surface area (TPSA) is 119 Å². The Kier molecular flexibility index (Phi) is 8.57. The van der Waals surface area contributed by atoms with E-state index < -0.39 is 23.4 Å². The van der Waals surface area contributed by atoms with E-state index >= 15 is 0 Å². The first-order valence-corrected chi connectivity index (χ1v) is 13.3. The summed E-state index contributed by atoms with van der Waals surface area (Å²) >= 11 is 1.08. The normalized spacial score (nSPS) is 15.7. The van der Waals surface area contributed by atoms with E-state index in [0.717, 1.165) is 24.2 Å². The van der Waals surface area contributed by atoms with E-state index in [9.17, 15) is 22.8 Å². The van der Waals surface area contributed by atoms with Crippen molar-refractivity contribution in [2.75, 3.05) is 25.0 Å². The number of hydrogen-bond acceptors (Lipinski definition) is 9. The number of likely N-dealkylation sites (tertiary alicyclic amines) is 1. The van der Waals surface area contributed by atoms with E-state index in [2.05, 4.69) is 24.6 Å². The first-order valence-electron chi connectivity index (χ1n) is 12.5. The van der Waals surface area contributed by atoms with Gasteiger partial charge in [0, 0.05) is 42.6 Å². The number of aryl methyl sites for hydroxylation is 1. The summed E-state index contributed by atoms with van der Waals surface area (Å²) in [5, 5.41) is 2.77. The van der Waals surface area contributed by atoms with Crippen molar-refractivity contribution in [3.63, 3.8) is 0 Å². The number of carbonyl (C=O) groups excluding carboxylic acids is 2. The second-order valence-electron chi connectivity index (χ2n) is 10.4. The molecule has 1 aliphatic heterocycles. The molecule has 1 saturated heterocycles. The molecular weight excluding hydrogens is 549 g/mol. The number of hydrogen-bond donors (Lipinski definition) is 1. The SMILES string of the molecule is Cc1nsc(Cc2cnc(C(F)(F)F)cn2)c1C(=O)Nc1ccc(OC[C@@H]2CCN(C(=O)OC(C)(C)C)C2)nc1. The summed E-state index contributed by atoms with van der Waals surface area (Å²) in [5.41, 5.74) is -0.107. The second kappa shape index (κ2) is 11.7. The maximum Gasteiger partial charge on any atom is 0.434 e. The fraction of sp³-hybridized carbons (Fsp3) is 0.462. The van der Waals surface area contributed by atoms with Crippen LogP contribution in [0.4, 0.5) is 23.7 Å². The van der Waals surface area contributed by atoms with E-state index in [-0.39, 0.29) is 24.1 Å². The average Bonchev–Trinajstić information content (AvgIpc) is 3.49. The molecule has 0 aromatic carbocycles. The standard InChI is InChI=1S/C26H29F3N6O4S/c1-15-22(19(40-34-15)9-18-11-31-20(12-30-18)26(27,28)29)23(36)33-17-5-6-21(32-10-17)38-14-16-7-8-35(13-16)24(37)39-25(2,3)4/h5-6,10-12,16H,7-9,13-14H2,1-4H3,(H,33,36)/t16-/m1/s1. The maximum atomic E-state index is 13.0. The molecule has 1 fully saturated rings. The van der Waals surface area contributed by atoms with Crippen LogP contribution in [0.25, 0.3) is 0 Å². The van der Waals surface area contributed by atoms with E-state index in [1.165, 1.54) is 6.20 Å². The van der Waals surface area contributed by atoms with Gasteiger partial charge in [0.05, 0.1) is 41.6 Å². The minimum absolute atomic E-state index is 0.108. The van der Waals surface area contributed by atoms with Crippen LogP contribution in [-0.2, 0) is 17.3 Å². The van der Waals surface area contributed by atoms with Crippen molar-refractivity contribution >= 4 is 29.2 Å². The lowest BCUT2D eigenvalue weighted by Gasteiger charge is -2.24. The number of rotatable bonds is 7. The van der Waals surface area contributed by atoms with E-state index in [1.807, 2.05) is 20.8 Å². The van der Waals surface area contributed by atoms with Gasteiger partial charge in [-0.3, -0.25) is 9.78 Å². The highest BCUT2D eigenvalue weighted by Gasteiger charge is 2.33. The van der Waals surface area contributed by atoms with Crippen molar-refractivity contribution in [1.29, 1.82) is 0 Å². The summed E-state index contributed by atoms with van der Waals surface area (Å²) in [4.78, 5) is 39.0. The molecule has 1 N–H and O–H groups in total. The lowest BCUT2D eigenvalue weighted by atomic mass is 10.1. The molecule has 1 aliphatic rings. The summed E-state index contributed by atoms with van der Waals surface area (Å²) < 4.78 is 53.7. The first-order chi connectivity index (χ1) is 18.8. The number of nitrogens with one attached hydrogen (secondary N) is 1. The van der Waals surface area contributed by atoms with E-state index in [1.54, 1.807) is 24.0 Å². The van der Waals surface area contributed by atoms with Crippen LogP contribution in [0.1, 0.15) is 59.5 Å². The molecule has 0 spiro atoms. The highest BCUT2D eigenvalue weighted by atomic mass is 32.1. The van der Waals surface area contributed by atoms with Crippen molar-refractivity contribution in [3.8, 4) is 5.88 Å². The number of aromatic nitrogens is 4. The molecule has 0 radical (unpaired) electrons. The molecule has 3 aromatic rings. The zero-order valence-corrected chi connectivity index (χ0v) is 23.2. The fourth-order valence-corrected chi connectivity index (χ4v) is 4.87. The number of ether oxygens (including phenoxy) is 2. The molecule has 1 atom stereocenters. The second-order valence-corrected chi connectivity index (χ2v) is 11.2. The summed E-state index contributed by atoms with van der Waals surface area (Å²) in [5.74, 6) is 0.101. The summed E-state index contributed by atoms with van der Waals surface area (Å²) in [6.45, 7) is 8.69. The minimum Gasteiger partial charge on any atom is -0.477 e. The number of amides is 2. The molecular formula is C26H29F3N6O4S. The Morgan fingerprint density at radius 1 is 1.12 bits per heavy atom. The summed E-state index contributed by atoms with van der Waals surface area (Å²) in [6, 6.07) is 3.28. The van der Waals surface area contributed by atoms with Crippen LogP contribution in [0.5, 0.6) is 5.88 Å². The Labute approximate surface area is 233 Å². The Morgan fingerprint density at radius 3 is 2.52 bits per heavy atom. The van der Waals surface area contributed by atoms with E-state index in [4.69, 9.17) is 9.47 Å². The molecule has 2 amide bonds. The van der Waals surface area contributed by atoms with Gasteiger partial charge < -0.3 is 19.7 Å². The summed E-state index contributed by atoms with van der Waals surface area (Å²) in [6.07, 6.45) is -0.833. The maximum absolute atomic E-state index is 13.0. The largest absolute Gasteiger partial charge is 0.477 e. The molecule has 4 rings (SSSR count). The van der Waals surface area contributed by atoms with Gasteiger partial charge in [-0.15, -0.1) is 0 Å². The van der Waals surface area contributed by atoms with Crippen LogP contribution < -0.4 is 10.1 Å². The van der Waals surface area contributed by atoms with Crippen LogP contribution >= 0.6 is 11.5 Å². The molecule has 0 unspecified atom stereocenters. The van der Waals surface area contributed by atoms with Crippen LogP contribution in [0.15, 0.2) is 30.7 Å². The average molecular weight is 579 g/mol. The summed E-state index contributed by atoms with van der Waals surface area (Å²) in [7, 11) is 0. The third-order valence-corrected chi connectivity index (χ3v) is 6.83. The number of nitrogens with zero attached hydrogens (tertiary/aromatic N) is 5. The highest BCUT2D eigenvalue weighted by molar-refractivity contribution is 7.06. The Hall–Kier alpha value is -3.81. The van der Waals surface area contributed by atoms with Gasteiger partial charge in [-0.25, -0.2) is 14.8 Å². The number of carbonyl (C=O) groups is 2. The third kappa shape index (κ3) is 7.64.